The molecule has 4 N–H and O–H groups in total. The van der Waals surface area contributed by atoms with Crippen molar-refractivity contribution in [3.05, 3.63) is 34.9 Å². The van der Waals surface area contributed by atoms with E-state index < -0.39 is 30.1 Å². The van der Waals surface area contributed by atoms with Crippen LogP contribution in [-0.4, -0.2) is 90.3 Å². The summed E-state index contributed by atoms with van der Waals surface area (Å²) >= 11 is 0. The number of ether oxygens (including phenoxy) is 3. The highest BCUT2D eigenvalue weighted by Gasteiger charge is 2.52. The Morgan fingerprint density at radius 3 is 2.56 bits per heavy atom. The number of hydrogen-bond donors (Lipinski definition) is 4. The zero-order chi connectivity index (χ0) is 25.8. The van der Waals surface area contributed by atoms with Crippen LogP contribution in [0.2, 0.25) is 0 Å². The maximum atomic E-state index is 13.3. The highest BCUT2D eigenvalue weighted by Crippen LogP contribution is 2.51. The summed E-state index contributed by atoms with van der Waals surface area (Å²) in [5, 5.41) is 33.4. The van der Waals surface area contributed by atoms with Crippen molar-refractivity contribution >= 4 is 11.8 Å². The molecule has 0 saturated heterocycles. The second kappa shape index (κ2) is 11.6. The number of aliphatic hydroxyl groups excluding tert-OH is 3. The lowest BCUT2D eigenvalue weighted by Gasteiger charge is -2.45. The average molecular weight is 505 g/mol. The van der Waals surface area contributed by atoms with E-state index >= 15 is 0 Å². The van der Waals surface area contributed by atoms with Crippen molar-refractivity contribution in [2.45, 2.75) is 68.9 Å². The Balaban J connectivity index is 1.81. The molecular weight excluding hydrogens is 468 g/mol. The van der Waals surface area contributed by atoms with Gasteiger partial charge in [0.25, 0.3) is 0 Å². The molecule has 4 rings (SSSR count). The molecule has 1 saturated carbocycles. The Bertz CT molecular complexity index is 990. The normalized spacial score (nSPS) is 25.3. The second-order valence-electron chi connectivity index (χ2n) is 9.54. The fraction of sp³-hybridized carbons (Fsp3) is 0.615. The molecule has 10 nitrogen and oxygen atoms in total. The maximum Gasteiger partial charge on any atom is 0.249 e. The molecule has 1 heterocycles. The van der Waals surface area contributed by atoms with Gasteiger partial charge in [0, 0.05) is 30.8 Å². The molecular formula is C26H36N2O8. The number of benzene rings is 1. The Hall–Kier alpha value is -2.66. The van der Waals surface area contributed by atoms with Gasteiger partial charge in [0.1, 0.15) is 18.8 Å². The Morgan fingerprint density at radius 1 is 1.17 bits per heavy atom. The molecule has 1 aromatic rings. The molecule has 0 spiro atoms. The predicted octanol–water partition coefficient (Wildman–Crippen LogP) is 0.618. The molecule has 2 aliphatic carbocycles. The molecule has 198 valence electrons. The van der Waals surface area contributed by atoms with Crippen LogP contribution < -0.4 is 14.8 Å². The number of aliphatic hydroxyl groups is 3. The Kier molecular flexibility index (Phi) is 8.50. The third kappa shape index (κ3) is 4.95. The topological polar surface area (TPSA) is 138 Å². The summed E-state index contributed by atoms with van der Waals surface area (Å²) in [5.41, 5.74) is 1.55. The van der Waals surface area contributed by atoms with E-state index in [1.165, 1.54) is 14.2 Å². The van der Waals surface area contributed by atoms with Crippen LogP contribution in [-0.2, 0) is 20.9 Å². The number of carbonyl (C=O) groups excluding carboxylic acids is 2. The fourth-order valence-corrected chi connectivity index (χ4v) is 5.76. The predicted molar refractivity (Wildman–Crippen MR) is 130 cm³/mol. The van der Waals surface area contributed by atoms with Crippen molar-refractivity contribution in [2.24, 2.45) is 0 Å². The van der Waals surface area contributed by atoms with Crippen LogP contribution in [0.4, 0.5) is 0 Å². The van der Waals surface area contributed by atoms with Gasteiger partial charge < -0.3 is 39.7 Å². The molecule has 3 aliphatic rings. The largest absolute Gasteiger partial charge is 0.493 e. The van der Waals surface area contributed by atoms with Crippen molar-refractivity contribution in [1.82, 2.24) is 10.2 Å². The van der Waals surface area contributed by atoms with Gasteiger partial charge in [-0.25, -0.2) is 0 Å². The third-order valence-corrected chi connectivity index (χ3v) is 7.34. The van der Waals surface area contributed by atoms with Crippen LogP contribution in [0.15, 0.2) is 23.8 Å². The molecule has 0 aromatic heterocycles. The van der Waals surface area contributed by atoms with Crippen LogP contribution in [0.5, 0.6) is 11.5 Å². The number of methoxy groups -OCH3 is 2. The van der Waals surface area contributed by atoms with Crippen molar-refractivity contribution in [3.8, 4) is 11.5 Å². The monoisotopic (exact) mass is 504 g/mol. The lowest BCUT2D eigenvalue weighted by atomic mass is 9.76. The summed E-state index contributed by atoms with van der Waals surface area (Å²) in [4.78, 5) is 28.3. The first kappa shape index (κ1) is 26.4. The number of fused-ring (bicyclic) bond motifs is 3. The number of rotatable bonds is 9. The smallest absolute Gasteiger partial charge is 0.249 e. The molecule has 0 radical (unpaired) electrons. The molecule has 4 atom stereocenters. The maximum absolute atomic E-state index is 13.3. The van der Waals surface area contributed by atoms with Crippen molar-refractivity contribution in [3.63, 3.8) is 0 Å². The van der Waals surface area contributed by atoms with Gasteiger partial charge in [0.05, 0.1) is 32.3 Å². The highest BCUT2D eigenvalue weighted by atomic mass is 16.5. The summed E-state index contributed by atoms with van der Waals surface area (Å²) in [6.07, 6.45) is 4.35. The minimum absolute atomic E-state index is 0.0590. The van der Waals surface area contributed by atoms with Crippen molar-refractivity contribution in [2.75, 3.05) is 34.0 Å². The van der Waals surface area contributed by atoms with E-state index in [-0.39, 0.29) is 38.3 Å². The van der Waals surface area contributed by atoms with Gasteiger partial charge in [-0.3, -0.25) is 9.59 Å². The summed E-state index contributed by atoms with van der Waals surface area (Å²) in [6.45, 7) is -0.538. The van der Waals surface area contributed by atoms with Gasteiger partial charge in [0.15, 0.2) is 11.5 Å². The van der Waals surface area contributed by atoms with Gasteiger partial charge in [-0.15, -0.1) is 0 Å². The highest BCUT2D eigenvalue weighted by molar-refractivity contribution is 5.96. The van der Waals surface area contributed by atoms with Crippen LogP contribution in [0.25, 0.3) is 0 Å². The summed E-state index contributed by atoms with van der Waals surface area (Å²) < 4.78 is 16.9. The molecule has 36 heavy (non-hydrogen) atoms. The lowest BCUT2D eigenvalue weighted by molar-refractivity contribution is -0.145. The number of carbonyl (C=O) groups is 2. The number of hydrogen-bond acceptors (Lipinski definition) is 8. The van der Waals surface area contributed by atoms with Crippen LogP contribution in [0, 0.1) is 0 Å². The SMILES string of the molecule is COCC(=O)N(C1CCCCC1)[C@@H]1C=C(C(=O)NCCO)[C@@H]2c3cc(CO)cc(OC)c3O[C@@H]2[C@H]1O. The molecule has 10 heteroatoms. The molecule has 2 amide bonds. The summed E-state index contributed by atoms with van der Waals surface area (Å²) in [5.74, 6) is -0.518. The molecule has 1 aromatic carbocycles. The zero-order valence-corrected chi connectivity index (χ0v) is 20.8. The molecule has 0 unspecified atom stereocenters. The standard InChI is InChI=1S/C26H36N2O8/c1-34-14-21(31)28(16-6-4-3-5-7-16)19-12-18(26(33)27-8-9-29)22-17-10-15(13-30)11-20(35-2)24(17)36-25(22)23(19)32/h10-12,16,19,22-23,25,29-30,32H,3-9,13-14H2,1-2H3,(H,27,33)/t19-,22+,23+,25+/m1/s1. The summed E-state index contributed by atoms with van der Waals surface area (Å²) in [6, 6.07) is 2.52. The minimum atomic E-state index is -1.12. The quantitative estimate of drug-likeness (QED) is 0.384. The second-order valence-corrected chi connectivity index (χ2v) is 9.54. The number of nitrogens with zero attached hydrogens (tertiary/aromatic N) is 1. The van der Waals surface area contributed by atoms with Gasteiger partial charge >= 0.3 is 0 Å². The molecule has 1 aliphatic heterocycles. The van der Waals surface area contributed by atoms with E-state index in [1.54, 1.807) is 23.1 Å². The lowest BCUT2D eigenvalue weighted by Crippen LogP contribution is -2.59. The average Bonchev–Trinajstić information content (AvgIpc) is 3.29. The van der Waals surface area contributed by atoms with Gasteiger partial charge in [0.2, 0.25) is 11.8 Å². The fourth-order valence-electron chi connectivity index (χ4n) is 5.76. The zero-order valence-electron chi connectivity index (χ0n) is 20.8. The van der Waals surface area contributed by atoms with E-state index in [9.17, 15) is 24.9 Å². The minimum Gasteiger partial charge on any atom is -0.493 e. The first-order chi connectivity index (χ1) is 17.4. The Morgan fingerprint density at radius 2 is 1.92 bits per heavy atom. The van der Waals surface area contributed by atoms with Gasteiger partial charge in [-0.05, 0) is 36.6 Å². The van der Waals surface area contributed by atoms with E-state index in [0.29, 0.717) is 28.2 Å². The summed E-state index contributed by atoms with van der Waals surface area (Å²) in [7, 11) is 2.94. The van der Waals surface area contributed by atoms with E-state index in [4.69, 9.17) is 14.2 Å². The number of nitrogens with one attached hydrogen (secondary N) is 1. The van der Waals surface area contributed by atoms with Gasteiger partial charge in [-0.1, -0.05) is 19.3 Å². The van der Waals surface area contributed by atoms with Crippen LogP contribution in [0.3, 0.4) is 0 Å². The van der Waals surface area contributed by atoms with Crippen molar-refractivity contribution in [1.29, 1.82) is 0 Å². The molecule has 0 bridgehead atoms. The van der Waals surface area contributed by atoms with Crippen molar-refractivity contribution < 1.29 is 39.1 Å². The third-order valence-electron chi connectivity index (χ3n) is 7.34. The first-order valence-electron chi connectivity index (χ1n) is 12.5. The van der Waals surface area contributed by atoms with Gasteiger partial charge in [-0.2, -0.15) is 0 Å². The first-order valence-corrected chi connectivity index (χ1v) is 12.5. The van der Waals surface area contributed by atoms with Crippen LogP contribution in [0.1, 0.15) is 49.1 Å². The molecule has 1 fully saturated rings. The van der Waals surface area contributed by atoms with E-state index in [2.05, 4.69) is 5.32 Å². The van der Waals surface area contributed by atoms with Crippen LogP contribution >= 0.6 is 0 Å². The number of amides is 2. The Labute approximate surface area is 210 Å². The van der Waals surface area contributed by atoms with E-state index in [0.717, 1.165) is 32.1 Å². The van der Waals surface area contributed by atoms with E-state index in [1.807, 2.05) is 0 Å².